The molecule has 2 unspecified atom stereocenters. The van der Waals surface area contributed by atoms with Crippen molar-refractivity contribution < 1.29 is 23.8 Å². The van der Waals surface area contributed by atoms with Gasteiger partial charge < -0.3 is 19.5 Å². The van der Waals surface area contributed by atoms with Crippen molar-refractivity contribution in [1.29, 1.82) is 0 Å². The zero-order valence-electron chi connectivity index (χ0n) is 12.0. The Kier molecular flexibility index (Phi) is 6.52. The molecule has 2 aliphatic rings. The van der Waals surface area contributed by atoms with Crippen LogP contribution in [-0.4, -0.2) is 69.9 Å². The van der Waals surface area contributed by atoms with E-state index >= 15 is 0 Å². The fraction of sp³-hybridized carbons (Fsp3) is 0.923. The molecule has 116 valence electrons. The summed E-state index contributed by atoms with van der Waals surface area (Å²) in [6.07, 6.45) is 2.60. The van der Waals surface area contributed by atoms with Crippen LogP contribution in [0.1, 0.15) is 19.3 Å². The predicted molar refractivity (Wildman–Crippen MR) is 71.3 cm³/mol. The molecule has 2 aliphatic heterocycles. The maximum Gasteiger partial charge on any atom is 0.341 e. The van der Waals surface area contributed by atoms with Crippen LogP contribution in [0.25, 0.3) is 0 Å². The smallest absolute Gasteiger partial charge is 0.341 e. The standard InChI is InChI=1S/C13H24N2O5/c1-17-8-9-19-12-10-18-7-4-11(12)14-13(16)15-5-2-3-6-20-15/h11-12H,2-10H2,1H3,(H,14,16). The molecular formula is C13H24N2O5. The Labute approximate surface area is 119 Å². The van der Waals surface area contributed by atoms with Crippen LogP contribution in [0.15, 0.2) is 0 Å². The highest BCUT2D eigenvalue weighted by molar-refractivity contribution is 5.73. The lowest BCUT2D eigenvalue weighted by Crippen LogP contribution is -2.54. The van der Waals surface area contributed by atoms with Gasteiger partial charge in [-0.2, -0.15) is 0 Å². The molecule has 2 atom stereocenters. The van der Waals surface area contributed by atoms with Crippen LogP contribution in [0.3, 0.4) is 0 Å². The first kappa shape index (κ1) is 15.5. The number of rotatable bonds is 5. The average Bonchev–Trinajstić information content (AvgIpc) is 2.50. The molecule has 2 rings (SSSR count). The molecule has 0 spiro atoms. The van der Waals surface area contributed by atoms with Gasteiger partial charge in [-0.25, -0.2) is 9.86 Å². The molecule has 0 aromatic rings. The van der Waals surface area contributed by atoms with Gasteiger partial charge in [0.2, 0.25) is 0 Å². The molecule has 2 amide bonds. The molecule has 0 aliphatic carbocycles. The predicted octanol–water partition coefficient (Wildman–Crippen LogP) is 0.544. The van der Waals surface area contributed by atoms with E-state index in [4.69, 9.17) is 19.0 Å². The molecule has 2 heterocycles. The molecule has 0 aromatic heterocycles. The van der Waals surface area contributed by atoms with Crippen molar-refractivity contribution in [2.24, 2.45) is 0 Å². The molecule has 2 fully saturated rings. The summed E-state index contributed by atoms with van der Waals surface area (Å²) in [5.41, 5.74) is 0. The highest BCUT2D eigenvalue weighted by Crippen LogP contribution is 2.13. The zero-order chi connectivity index (χ0) is 14.2. The maximum atomic E-state index is 12.1. The van der Waals surface area contributed by atoms with Gasteiger partial charge >= 0.3 is 6.03 Å². The Hall–Kier alpha value is -0.890. The fourth-order valence-electron chi connectivity index (χ4n) is 2.31. The molecule has 2 saturated heterocycles. The topological polar surface area (TPSA) is 69.3 Å². The summed E-state index contributed by atoms with van der Waals surface area (Å²) in [6, 6.07) is -0.226. The Morgan fingerprint density at radius 3 is 3.00 bits per heavy atom. The van der Waals surface area contributed by atoms with E-state index in [0.29, 0.717) is 39.6 Å². The molecular weight excluding hydrogens is 264 g/mol. The van der Waals surface area contributed by atoms with Gasteiger partial charge in [0.05, 0.1) is 39.0 Å². The van der Waals surface area contributed by atoms with Crippen molar-refractivity contribution in [1.82, 2.24) is 10.4 Å². The van der Waals surface area contributed by atoms with Crippen LogP contribution in [0.4, 0.5) is 4.79 Å². The minimum absolute atomic E-state index is 0.0429. The first-order valence-corrected chi connectivity index (χ1v) is 7.20. The summed E-state index contributed by atoms with van der Waals surface area (Å²) in [7, 11) is 1.63. The first-order valence-electron chi connectivity index (χ1n) is 7.20. The summed E-state index contributed by atoms with van der Waals surface area (Å²) in [6.45, 7) is 3.41. The summed E-state index contributed by atoms with van der Waals surface area (Å²) in [5, 5.41) is 4.39. The number of urea groups is 1. The number of carbonyl (C=O) groups is 1. The maximum absolute atomic E-state index is 12.1. The minimum atomic E-state index is -0.183. The van der Waals surface area contributed by atoms with Crippen molar-refractivity contribution in [3.05, 3.63) is 0 Å². The van der Waals surface area contributed by atoms with E-state index in [0.717, 1.165) is 19.3 Å². The number of methoxy groups -OCH3 is 1. The highest BCUT2D eigenvalue weighted by atomic mass is 16.7. The van der Waals surface area contributed by atoms with Crippen molar-refractivity contribution >= 4 is 6.03 Å². The van der Waals surface area contributed by atoms with Gasteiger partial charge in [-0.3, -0.25) is 4.84 Å². The second-order valence-electron chi connectivity index (χ2n) is 4.96. The normalized spacial score (nSPS) is 27.4. The van der Waals surface area contributed by atoms with Crippen LogP contribution >= 0.6 is 0 Å². The van der Waals surface area contributed by atoms with Gasteiger partial charge in [-0.1, -0.05) is 0 Å². The van der Waals surface area contributed by atoms with Crippen LogP contribution < -0.4 is 5.32 Å². The molecule has 0 aromatic carbocycles. The SMILES string of the molecule is COCCOC1COCCC1NC(=O)N1CCCCO1. The van der Waals surface area contributed by atoms with E-state index in [1.807, 2.05) is 0 Å². The van der Waals surface area contributed by atoms with Crippen LogP contribution in [0.2, 0.25) is 0 Å². The van der Waals surface area contributed by atoms with Crippen LogP contribution in [0, 0.1) is 0 Å². The number of nitrogens with one attached hydrogen (secondary N) is 1. The third-order valence-corrected chi connectivity index (χ3v) is 3.46. The van der Waals surface area contributed by atoms with Crippen LogP contribution in [-0.2, 0) is 19.0 Å². The summed E-state index contributed by atoms with van der Waals surface area (Å²) >= 11 is 0. The third-order valence-electron chi connectivity index (χ3n) is 3.46. The van der Waals surface area contributed by atoms with Crippen molar-refractivity contribution in [2.45, 2.75) is 31.4 Å². The number of ether oxygens (including phenoxy) is 3. The second kappa shape index (κ2) is 8.41. The highest BCUT2D eigenvalue weighted by Gasteiger charge is 2.30. The van der Waals surface area contributed by atoms with E-state index < -0.39 is 0 Å². The summed E-state index contributed by atoms with van der Waals surface area (Å²) < 4.78 is 16.1. The number of hydrogen-bond acceptors (Lipinski definition) is 5. The summed E-state index contributed by atoms with van der Waals surface area (Å²) in [4.78, 5) is 17.5. The Morgan fingerprint density at radius 1 is 1.35 bits per heavy atom. The number of hydrogen-bond donors (Lipinski definition) is 1. The van der Waals surface area contributed by atoms with Crippen molar-refractivity contribution in [2.75, 3.05) is 46.7 Å². The quantitative estimate of drug-likeness (QED) is 0.748. The van der Waals surface area contributed by atoms with Crippen molar-refractivity contribution in [3.63, 3.8) is 0 Å². The molecule has 0 radical (unpaired) electrons. The van der Waals surface area contributed by atoms with E-state index in [2.05, 4.69) is 5.32 Å². The Morgan fingerprint density at radius 2 is 2.25 bits per heavy atom. The molecule has 0 saturated carbocycles. The van der Waals surface area contributed by atoms with Gasteiger partial charge in [0, 0.05) is 13.7 Å². The third kappa shape index (κ3) is 4.59. The minimum Gasteiger partial charge on any atom is -0.382 e. The molecule has 0 bridgehead atoms. The van der Waals surface area contributed by atoms with E-state index in [-0.39, 0.29) is 18.2 Å². The van der Waals surface area contributed by atoms with Gasteiger partial charge in [-0.15, -0.1) is 0 Å². The molecule has 1 N–H and O–H groups in total. The number of amides is 2. The Bertz CT molecular complexity index is 296. The molecule has 7 nitrogen and oxygen atoms in total. The van der Waals surface area contributed by atoms with Gasteiger partial charge in [0.25, 0.3) is 0 Å². The number of nitrogens with zero attached hydrogens (tertiary/aromatic N) is 1. The average molecular weight is 288 g/mol. The zero-order valence-corrected chi connectivity index (χ0v) is 12.0. The molecule has 7 heteroatoms. The summed E-state index contributed by atoms with van der Waals surface area (Å²) in [5.74, 6) is 0. The van der Waals surface area contributed by atoms with E-state index in [1.54, 1.807) is 7.11 Å². The van der Waals surface area contributed by atoms with Gasteiger partial charge in [0.15, 0.2) is 0 Å². The largest absolute Gasteiger partial charge is 0.382 e. The Balaban J connectivity index is 1.79. The number of carbonyl (C=O) groups excluding carboxylic acids is 1. The lowest BCUT2D eigenvalue weighted by Gasteiger charge is -2.34. The fourth-order valence-corrected chi connectivity index (χ4v) is 2.31. The van der Waals surface area contributed by atoms with E-state index in [9.17, 15) is 4.79 Å². The van der Waals surface area contributed by atoms with Crippen LogP contribution in [0.5, 0.6) is 0 Å². The van der Waals surface area contributed by atoms with Crippen molar-refractivity contribution in [3.8, 4) is 0 Å². The van der Waals surface area contributed by atoms with Gasteiger partial charge in [0.1, 0.15) is 6.10 Å². The van der Waals surface area contributed by atoms with E-state index in [1.165, 1.54) is 5.06 Å². The molecule has 20 heavy (non-hydrogen) atoms. The monoisotopic (exact) mass is 288 g/mol. The van der Waals surface area contributed by atoms with Gasteiger partial charge in [-0.05, 0) is 19.3 Å². The lowest BCUT2D eigenvalue weighted by molar-refractivity contribution is -0.142. The lowest BCUT2D eigenvalue weighted by atomic mass is 10.1. The number of hydroxylamine groups is 2. The first-order chi connectivity index (χ1) is 9.81. The second-order valence-corrected chi connectivity index (χ2v) is 4.96.